The lowest BCUT2D eigenvalue weighted by molar-refractivity contribution is 0.529. The first kappa shape index (κ1) is 39.5. The van der Waals surface area contributed by atoms with Crippen molar-refractivity contribution in [2.75, 3.05) is 12.3 Å². The molecule has 0 atom stereocenters. The Morgan fingerprint density at radius 2 is 0.462 bits per heavy atom. The van der Waals surface area contributed by atoms with E-state index in [4.69, 9.17) is 11.2 Å². The minimum absolute atomic E-state index is 0.770. The second-order valence-corrected chi connectivity index (χ2v) is 17.2. The molecule has 0 saturated carbocycles. The van der Waals surface area contributed by atoms with E-state index in [1.54, 1.807) is 0 Å². The van der Waals surface area contributed by atoms with Crippen molar-refractivity contribution in [2.45, 2.75) is 219 Å². The van der Waals surface area contributed by atoms with E-state index < -0.39 is 6.49 Å². The third-order valence-corrected chi connectivity index (χ3v) is 11.7. The standard InChI is InChI=1S/C36H74ClOP/c1-3-5-7-9-11-13-15-17-19-21-23-25-27-29-31-33-35-39(37,38)36-34-32-30-28-26-24-22-20-18-16-14-12-10-8-6-4-2/h3-36H2,1-2H3. The molecule has 1 nitrogen and oxygen atoms in total. The summed E-state index contributed by atoms with van der Waals surface area (Å²) in [5.41, 5.74) is 0. The van der Waals surface area contributed by atoms with Gasteiger partial charge in [0.2, 0.25) is 0 Å². The molecule has 39 heavy (non-hydrogen) atoms. The van der Waals surface area contributed by atoms with Gasteiger partial charge < -0.3 is 4.57 Å². The van der Waals surface area contributed by atoms with Gasteiger partial charge in [0.1, 0.15) is 0 Å². The second-order valence-electron chi connectivity index (χ2n) is 12.8. The van der Waals surface area contributed by atoms with Gasteiger partial charge in [0, 0.05) is 12.3 Å². The van der Waals surface area contributed by atoms with Crippen LogP contribution in [0.25, 0.3) is 0 Å². The van der Waals surface area contributed by atoms with Gasteiger partial charge in [0.15, 0.2) is 6.49 Å². The largest absolute Gasteiger partial charge is 0.307 e. The van der Waals surface area contributed by atoms with E-state index >= 15 is 0 Å². The van der Waals surface area contributed by atoms with Gasteiger partial charge in [-0.2, -0.15) is 0 Å². The van der Waals surface area contributed by atoms with E-state index in [1.165, 1.54) is 193 Å². The van der Waals surface area contributed by atoms with Crippen molar-refractivity contribution in [3.63, 3.8) is 0 Å². The minimum atomic E-state index is -2.40. The van der Waals surface area contributed by atoms with E-state index in [0.717, 1.165) is 25.2 Å². The first-order valence-electron chi connectivity index (χ1n) is 18.4. The molecule has 0 rings (SSSR count). The fraction of sp³-hybridized carbons (Fsp3) is 1.00. The van der Waals surface area contributed by atoms with Crippen LogP contribution in [0.2, 0.25) is 0 Å². The second kappa shape index (κ2) is 33.0. The Hall–Kier alpha value is 0.520. The highest BCUT2D eigenvalue weighted by Gasteiger charge is 2.16. The van der Waals surface area contributed by atoms with Crippen molar-refractivity contribution in [3.8, 4) is 0 Å². The highest BCUT2D eigenvalue weighted by atomic mass is 35.7. The molecule has 0 amide bonds. The van der Waals surface area contributed by atoms with E-state index in [-0.39, 0.29) is 0 Å². The van der Waals surface area contributed by atoms with Crippen LogP contribution in [-0.4, -0.2) is 12.3 Å². The Labute approximate surface area is 253 Å². The first-order valence-corrected chi connectivity index (χ1v) is 21.4. The summed E-state index contributed by atoms with van der Waals surface area (Å²) in [6, 6.07) is 0. The summed E-state index contributed by atoms with van der Waals surface area (Å²) in [6.45, 7) is 2.19. The molecule has 0 unspecified atom stereocenters. The normalized spacial score (nSPS) is 12.0. The molecule has 0 N–H and O–H groups in total. The predicted molar refractivity (Wildman–Crippen MR) is 182 cm³/mol. The Kier molecular flexibility index (Phi) is 33.5. The van der Waals surface area contributed by atoms with Crippen LogP contribution < -0.4 is 0 Å². The predicted octanol–water partition coefficient (Wildman–Crippen LogP) is 15.0. The van der Waals surface area contributed by atoms with Crippen molar-refractivity contribution in [3.05, 3.63) is 0 Å². The van der Waals surface area contributed by atoms with E-state index in [2.05, 4.69) is 13.8 Å². The van der Waals surface area contributed by atoms with Crippen molar-refractivity contribution in [1.29, 1.82) is 0 Å². The van der Waals surface area contributed by atoms with Crippen molar-refractivity contribution in [2.24, 2.45) is 0 Å². The smallest absolute Gasteiger partial charge is 0.169 e. The highest BCUT2D eigenvalue weighted by molar-refractivity contribution is 7.89. The van der Waals surface area contributed by atoms with Crippen LogP contribution in [-0.2, 0) is 4.57 Å². The summed E-state index contributed by atoms with van der Waals surface area (Å²) in [5, 5.41) is 0. The van der Waals surface area contributed by atoms with Crippen molar-refractivity contribution in [1.82, 2.24) is 0 Å². The van der Waals surface area contributed by atoms with Gasteiger partial charge in [0.05, 0.1) is 0 Å². The van der Waals surface area contributed by atoms with E-state index in [9.17, 15) is 4.57 Å². The SMILES string of the molecule is CCCCCCCCCCCCCCCCCCP(=O)(Cl)CCCCCCCCCCCCCCCCCC. The maximum atomic E-state index is 12.7. The molecule has 3 heteroatoms. The molecular formula is C36H74ClOP. The minimum Gasteiger partial charge on any atom is -0.307 e. The van der Waals surface area contributed by atoms with Crippen LogP contribution in [0.1, 0.15) is 219 Å². The van der Waals surface area contributed by atoms with E-state index in [0.29, 0.717) is 0 Å². The molecule has 236 valence electrons. The molecule has 0 spiro atoms. The lowest BCUT2D eigenvalue weighted by atomic mass is 10.0. The maximum absolute atomic E-state index is 12.7. The van der Waals surface area contributed by atoms with Gasteiger partial charge >= 0.3 is 0 Å². The summed E-state index contributed by atoms with van der Waals surface area (Å²) < 4.78 is 12.7. The molecule has 0 bridgehead atoms. The van der Waals surface area contributed by atoms with Gasteiger partial charge in [-0.3, -0.25) is 0 Å². The number of halogens is 1. The Morgan fingerprint density at radius 1 is 0.308 bits per heavy atom. The molecule has 0 fully saturated rings. The summed E-state index contributed by atoms with van der Waals surface area (Å²) in [5.74, 6) is 0. The fourth-order valence-corrected chi connectivity index (χ4v) is 8.24. The highest BCUT2D eigenvalue weighted by Crippen LogP contribution is 2.52. The summed E-state index contributed by atoms with van der Waals surface area (Å²) in [7, 11) is 0. The molecule has 0 aromatic heterocycles. The Bertz CT molecular complexity index is 454. The third kappa shape index (κ3) is 34.6. The first-order chi connectivity index (χ1) is 19.1. The van der Waals surface area contributed by atoms with Gasteiger partial charge in [-0.15, -0.1) is 0 Å². The maximum Gasteiger partial charge on any atom is 0.169 e. The molecular weight excluding hydrogens is 515 g/mol. The summed E-state index contributed by atoms with van der Waals surface area (Å²) in [4.78, 5) is 0. The average molecular weight is 589 g/mol. The Morgan fingerprint density at radius 3 is 0.641 bits per heavy atom. The number of hydrogen-bond acceptors (Lipinski definition) is 1. The van der Waals surface area contributed by atoms with E-state index in [1.807, 2.05) is 0 Å². The van der Waals surface area contributed by atoms with Gasteiger partial charge in [-0.1, -0.05) is 218 Å². The average Bonchev–Trinajstić information content (AvgIpc) is 2.92. The lowest BCUT2D eigenvalue weighted by Gasteiger charge is -2.10. The summed E-state index contributed by atoms with van der Waals surface area (Å²) >= 11 is 6.42. The molecule has 0 radical (unpaired) electrons. The van der Waals surface area contributed by atoms with Crippen molar-refractivity contribution >= 4 is 17.7 Å². The summed E-state index contributed by atoms with van der Waals surface area (Å²) in [6.07, 6.45) is 45.6. The zero-order chi connectivity index (χ0) is 28.5. The van der Waals surface area contributed by atoms with Gasteiger partial charge in [-0.05, 0) is 12.8 Å². The zero-order valence-electron chi connectivity index (χ0n) is 27.3. The number of hydrogen-bond donors (Lipinski definition) is 0. The number of unbranched alkanes of at least 4 members (excludes halogenated alkanes) is 30. The van der Waals surface area contributed by atoms with Crippen molar-refractivity contribution < 1.29 is 4.57 Å². The zero-order valence-corrected chi connectivity index (χ0v) is 28.9. The van der Waals surface area contributed by atoms with Crippen LogP contribution in [0.5, 0.6) is 0 Å². The number of rotatable bonds is 34. The van der Waals surface area contributed by atoms with Crippen LogP contribution in [0.4, 0.5) is 0 Å². The lowest BCUT2D eigenvalue weighted by Crippen LogP contribution is -1.92. The topological polar surface area (TPSA) is 17.1 Å². The van der Waals surface area contributed by atoms with Crippen LogP contribution >= 0.6 is 17.7 Å². The molecule has 0 aliphatic rings. The van der Waals surface area contributed by atoms with Gasteiger partial charge in [0.25, 0.3) is 0 Å². The van der Waals surface area contributed by atoms with Crippen LogP contribution in [0.15, 0.2) is 0 Å². The molecule has 0 saturated heterocycles. The molecule has 0 aromatic rings. The van der Waals surface area contributed by atoms with Crippen LogP contribution in [0.3, 0.4) is 0 Å². The third-order valence-electron chi connectivity index (χ3n) is 8.69. The fourth-order valence-electron chi connectivity index (χ4n) is 5.90. The molecule has 0 aliphatic heterocycles. The van der Waals surface area contributed by atoms with Crippen LogP contribution in [0, 0.1) is 0 Å². The quantitative estimate of drug-likeness (QED) is 0.0539. The Balaban J connectivity index is 3.27. The monoisotopic (exact) mass is 589 g/mol. The van der Waals surface area contributed by atoms with Gasteiger partial charge in [-0.25, -0.2) is 0 Å². The molecule has 0 heterocycles. The molecule has 0 aromatic carbocycles. The molecule has 0 aliphatic carbocycles.